The van der Waals surface area contributed by atoms with E-state index in [1.165, 1.54) is 42.2 Å². The Morgan fingerprint density at radius 1 is 1.33 bits per heavy atom. The molecule has 2 heterocycles. The van der Waals surface area contributed by atoms with Gasteiger partial charge >= 0.3 is 0 Å². The standard InChI is InChI=1S/C16H23N3S.ClH/c1-12(19(2)11-13-7-9-17-10-8-13)16-18-14-5-3-4-6-15(14)20-16;/h3-6,12-13,17H,7-11H2,1-2H3;1H. The molecule has 0 amide bonds. The lowest BCUT2D eigenvalue weighted by atomic mass is 9.97. The number of aromatic nitrogens is 1. The van der Waals surface area contributed by atoms with E-state index in [4.69, 9.17) is 4.98 Å². The van der Waals surface area contributed by atoms with Crippen molar-refractivity contribution in [2.45, 2.75) is 25.8 Å². The Labute approximate surface area is 137 Å². The number of rotatable bonds is 4. The second-order valence-corrected chi connectivity index (χ2v) is 6.89. The molecule has 2 aromatic rings. The van der Waals surface area contributed by atoms with Crippen LogP contribution in [-0.4, -0.2) is 36.6 Å². The number of hydrogen-bond acceptors (Lipinski definition) is 4. The molecule has 1 aliphatic rings. The van der Waals surface area contributed by atoms with E-state index < -0.39 is 0 Å². The van der Waals surface area contributed by atoms with Gasteiger partial charge in [0, 0.05) is 6.54 Å². The Hall–Kier alpha value is -0.680. The van der Waals surface area contributed by atoms with Crippen molar-refractivity contribution in [1.82, 2.24) is 15.2 Å². The predicted octanol–water partition coefficient (Wildman–Crippen LogP) is 3.71. The van der Waals surface area contributed by atoms with E-state index in [-0.39, 0.29) is 12.4 Å². The number of nitrogens with zero attached hydrogens (tertiary/aromatic N) is 2. The van der Waals surface area contributed by atoms with Gasteiger partial charge in [-0.3, -0.25) is 4.90 Å². The molecule has 1 aliphatic heterocycles. The molecule has 116 valence electrons. The molecule has 0 bridgehead atoms. The predicted molar refractivity (Wildman–Crippen MR) is 93.5 cm³/mol. The van der Waals surface area contributed by atoms with Crippen LogP contribution in [0, 0.1) is 5.92 Å². The first kappa shape index (κ1) is 16.7. The minimum atomic E-state index is 0. The third kappa shape index (κ3) is 3.95. The molecule has 1 unspecified atom stereocenters. The first-order valence-electron chi connectivity index (χ1n) is 7.50. The fraction of sp³-hybridized carbons (Fsp3) is 0.562. The quantitative estimate of drug-likeness (QED) is 0.928. The van der Waals surface area contributed by atoms with E-state index in [0.717, 1.165) is 11.4 Å². The molecule has 3 nitrogen and oxygen atoms in total. The molecule has 0 spiro atoms. The highest BCUT2D eigenvalue weighted by Crippen LogP contribution is 2.29. The van der Waals surface area contributed by atoms with Crippen LogP contribution in [0.1, 0.15) is 30.8 Å². The summed E-state index contributed by atoms with van der Waals surface area (Å²) in [5, 5.41) is 4.68. The van der Waals surface area contributed by atoms with Crippen LogP contribution in [0.25, 0.3) is 10.2 Å². The molecule has 21 heavy (non-hydrogen) atoms. The van der Waals surface area contributed by atoms with Crippen molar-refractivity contribution in [1.29, 1.82) is 0 Å². The number of piperidine rings is 1. The number of para-hydroxylation sites is 1. The fourth-order valence-electron chi connectivity index (χ4n) is 2.89. The van der Waals surface area contributed by atoms with Crippen molar-refractivity contribution in [3.05, 3.63) is 29.3 Å². The second kappa shape index (κ2) is 7.54. The van der Waals surface area contributed by atoms with Crippen LogP contribution < -0.4 is 5.32 Å². The molecule has 0 radical (unpaired) electrons. The summed E-state index contributed by atoms with van der Waals surface area (Å²) in [7, 11) is 2.23. The Balaban J connectivity index is 0.00000161. The summed E-state index contributed by atoms with van der Waals surface area (Å²) in [5.41, 5.74) is 1.13. The van der Waals surface area contributed by atoms with Gasteiger partial charge in [0.25, 0.3) is 0 Å². The summed E-state index contributed by atoms with van der Waals surface area (Å²) in [6, 6.07) is 8.83. The van der Waals surface area contributed by atoms with Gasteiger partial charge in [-0.15, -0.1) is 23.7 Å². The Morgan fingerprint density at radius 3 is 2.76 bits per heavy atom. The van der Waals surface area contributed by atoms with Crippen LogP contribution in [-0.2, 0) is 0 Å². The highest BCUT2D eigenvalue weighted by atomic mass is 35.5. The van der Waals surface area contributed by atoms with Crippen LogP contribution in [0.2, 0.25) is 0 Å². The van der Waals surface area contributed by atoms with Gasteiger partial charge in [0.15, 0.2) is 0 Å². The van der Waals surface area contributed by atoms with Crippen molar-refractivity contribution < 1.29 is 0 Å². The maximum atomic E-state index is 4.79. The molecule has 1 saturated heterocycles. The molecule has 1 fully saturated rings. The van der Waals surface area contributed by atoms with E-state index in [1.807, 2.05) is 11.3 Å². The highest BCUT2D eigenvalue weighted by molar-refractivity contribution is 7.18. The minimum Gasteiger partial charge on any atom is -0.317 e. The number of nitrogens with one attached hydrogen (secondary N) is 1. The normalized spacial score (nSPS) is 17.9. The summed E-state index contributed by atoms with van der Waals surface area (Å²) in [6.45, 7) is 5.81. The molecule has 1 N–H and O–H groups in total. The van der Waals surface area contributed by atoms with Crippen molar-refractivity contribution in [3.63, 3.8) is 0 Å². The van der Waals surface area contributed by atoms with Crippen molar-refractivity contribution >= 4 is 34.0 Å². The molecule has 1 aromatic heterocycles. The van der Waals surface area contributed by atoms with E-state index in [0.29, 0.717) is 6.04 Å². The lowest BCUT2D eigenvalue weighted by molar-refractivity contribution is 0.196. The van der Waals surface area contributed by atoms with Crippen molar-refractivity contribution in [2.24, 2.45) is 5.92 Å². The second-order valence-electron chi connectivity index (χ2n) is 5.83. The van der Waals surface area contributed by atoms with Gasteiger partial charge in [0.2, 0.25) is 0 Å². The van der Waals surface area contributed by atoms with Crippen LogP contribution >= 0.6 is 23.7 Å². The molecule has 5 heteroatoms. The zero-order valence-electron chi connectivity index (χ0n) is 12.7. The topological polar surface area (TPSA) is 28.2 Å². The Kier molecular flexibility index (Phi) is 5.99. The zero-order chi connectivity index (χ0) is 13.9. The molecule has 0 saturated carbocycles. The third-order valence-corrected chi connectivity index (χ3v) is 5.54. The first-order chi connectivity index (χ1) is 9.74. The number of hydrogen-bond donors (Lipinski definition) is 1. The maximum absolute atomic E-state index is 4.79. The number of halogens is 1. The average molecular weight is 326 g/mol. The van der Waals surface area contributed by atoms with Crippen molar-refractivity contribution in [3.8, 4) is 0 Å². The van der Waals surface area contributed by atoms with Gasteiger partial charge in [0.1, 0.15) is 5.01 Å². The van der Waals surface area contributed by atoms with Crippen LogP contribution in [0.5, 0.6) is 0 Å². The summed E-state index contributed by atoms with van der Waals surface area (Å²) >= 11 is 1.83. The number of thiazole rings is 1. The molecule has 0 aliphatic carbocycles. The Bertz CT molecular complexity index is 532. The van der Waals surface area contributed by atoms with Gasteiger partial charge in [-0.05, 0) is 58.0 Å². The van der Waals surface area contributed by atoms with Gasteiger partial charge in [-0.1, -0.05) is 12.1 Å². The van der Waals surface area contributed by atoms with Gasteiger partial charge in [-0.2, -0.15) is 0 Å². The number of benzene rings is 1. The largest absolute Gasteiger partial charge is 0.317 e. The van der Waals surface area contributed by atoms with Crippen LogP contribution in [0.4, 0.5) is 0 Å². The maximum Gasteiger partial charge on any atom is 0.111 e. The molecule has 1 atom stereocenters. The molecule has 3 rings (SSSR count). The monoisotopic (exact) mass is 325 g/mol. The third-order valence-electron chi connectivity index (χ3n) is 4.33. The Morgan fingerprint density at radius 2 is 2.05 bits per heavy atom. The minimum absolute atomic E-state index is 0. The summed E-state index contributed by atoms with van der Waals surface area (Å²) in [6.07, 6.45) is 2.60. The van der Waals surface area contributed by atoms with E-state index in [2.05, 4.69) is 48.5 Å². The van der Waals surface area contributed by atoms with Gasteiger partial charge < -0.3 is 5.32 Å². The molecular formula is C16H24ClN3S. The first-order valence-corrected chi connectivity index (χ1v) is 8.32. The summed E-state index contributed by atoms with van der Waals surface area (Å²) < 4.78 is 1.30. The van der Waals surface area contributed by atoms with Crippen molar-refractivity contribution in [2.75, 3.05) is 26.7 Å². The van der Waals surface area contributed by atoms with Gasteiger partial charge in [0.05, 0.1) is 16.3 Å². The number of fused-ring (bicyclic) bond motifs is 1. The van der Waals surface area contributed by atoms with Crippen LogP contribution in [0.3, 0.4) is 0 Å². The lowest BCUT2D eigenvalue weighted by Crippen LogP contribution is -2.35. The van der Waals surface area contributed by atoms with E-state index in [9.17, 15) is 0 Å². The zero-order valence-corrected chi connectivity index (χ0v) is 14.3. The molecular weight excluding hydrogens is 302 g/mol. The summed E-state index contributed by atoms with van der Waals surface area (Å²) in [4.78, 5) is 7.26. The SMILES string of the molecule is CC(c1nc2ccccc2s1)N(C)CC1CCNCC1.Cl. The fourth-order valence-corrected chi connectivity index (χ4v) is 3.97. The highest BCUT2D eigenvalue weighted by Gasteiger charge is 2.20. The summed E-state index contributed by atoms with van der Waals surface area (Å²) in [5.74, 6) is 0.832. The molecule has 1 aromatic carbocycles. The smallest absolute Gasteiger partial charge is 0.111 e. The lowest BCUT2D eigenvalue weighted by Gasteiger charge is -2.30. The van der Waals surface area contributed by atoms with Crippen LogP contribution in [0.15, 0.2) is 24.3 Å². The van der Waals surface area contributed by atoms with Gasteiger partial charge in [-0.25, -0.2) is 4.98 Å². The van der Waals surface area contributed by atoms with E-state index in [1.54, 1.807) is 0 Å². The average Bonchev–Trinajstić information content (AvgIpc) is 2.91. The van der Waals surface area contributed by atoms with E-state index >= 15 is 0 Å².